The number of carbonyl (C=O) groups is 2. The van der Waals surface area contributed by atoms with Crippen LogP contribution in [0.2, 0.25) is 0 Å². The van der Waals surface area contributed by atoms with E-state index in [1.54, 1.807) is 11.0 Å². The van der Waals surface area contributed by atoms with Gasteiger partial charge in [-0.3, -0.25) is 9.59 Å². The van der Waals surface area contributed by atoms with Crippen LogP contribution in [0.25, 0.3) is 11.0 Å². The second-order valence-corrected chi connectivity index (χ2v) is 7.32. The summed E-state index contributed by atoms with van der Waals surface area (Å²) in [6.07, 6.45) is 1.65. The third-order valence-corrected chi connectivity index (χ3v) is 5.59. The molecule has 2 aliphatic rings. The van der Waals surface area contributed by atoms with E-state index in [4.69, 9.17) is 9.15 Å². The molecule has 2 aromatic carbocycles. The number of likely N-dealkylation sites (tertiary alicyclic amines) is 1. The Bertz CT molecular complexity index is 1010. The third-order valence-electron chi connectivity index (χ3n) is 5.59. The Morgan fingerprint density at radius 1 is 1.00 bits per heavy atom. The van der Waals surface area contributed by atoms with Gasteiger partial charge in [0.1, 0.15) is 16.9 Å². The predicted octanol–water partition coefficient (Wildman–Crippen LogP) is 4.07. The van der Waals surface area contributed by atoms with Gasteiger partial charge in [0.2, 0.25) is 0 Å². The van der Waals surface area contributed by atoms with Crippen molar-refractivity contribution in [3.8, 4) is 5.75 Å². The maximum Gasteiger partial charge on any atom is 0.289 e. The number of piperidine rings is 1. The molecular formula is C22H19NO4. The Labute approximate surface area is 156 Å². The minimum Gasteiger partial charge on any atom is -0.486 e. The summed E-state index contributed by atoms with van der Waals surface area (Å²) in [7, 11) is 0. The molecule has 0 radical (unpaired) electrons. The van der Waals surface area contributed by atoms with E-state index in [1.807, 2.05) is 48.5 Å². The Hall–Kier alpha value is -3.08. The molecule has 1 spiro atoms. The van der Waals surface area contributed by atoms with Gasteiger partial charge in [-0.15, -0.1) is 0 Å². The number of ether oxygens (including phenoxy) is 1. The van der Waals surface area contributed by atoms with Crippen LogP contribution in [-0.2, 0) is 0 Å². The number of para-hydroxylation sites is 2. The van der Waals surface area contributed by atoms with Gasteiger partial charge in [-0.1, -0.05) is 30.3 Å². The summed E-state index contributed by atoms with van der Waals surface area (Å²) in [5.74, 6) is 1.03. The molecule has 3 heterocycles. The number of nitrogens with zero attached hydrogens (tertiary/aromatic N) is 1. The van der Waals surface area contributed by atoms with Crippen molar-refractivity contribution in [2.24, 2.45) is 0 Å². The summed E-state index contributed by atoms with van der Waals surface area (Å²) in [4.78, 5) is 27.1. The number of rotatable bonds is 1. The highest BCUT2D eigenvalue weighted by atomic mass is 16.5. The molecule has 0 aliphatic carbocycles. The molecule has 5 nitrogen and oxygen atoms in total. The maximum atomic E-state index is 12.8. The van der Waals surface area contributed by atoms with Crippen LogP contribution in [0, 0.1) is 0 Å². The SMILES string of the molecule is O=C1CC2(CCN(C(=O)c3cc4ccccc4o3)CC2)Oc2ccccc21. The number of carbonyl (C=O) groups excluding carboxylic acids is 2. The summed E-state index contributed by atoms with van der Waals surface area (Å²) >= 11 is 0. The average molecular weight is 361 g/mol. The standard InChI is InChI=1S/C22H19NO4/c24-17-14-22(27-19-8-4-2-6-16(17)19)9-11-23(12-10-22)21(25)20-13-15-5-1-3-7-18(15)26-20/h1-8,13H,9-12,14H2. The molecule has 1 fully saturated rings. The maximum absolute atomic E-state index is 12.8. The molecular weight excluding hydrogens is 342 g/mol. The molecule has 0 N–H and O–H groups in total. The van der Waals surface area contributed by atoms with E-state index in [2.05, 4.69) is 0 Å². The van der Waals surface area contributed by atoms with Gasteiger partial charge in [-0.05, 0) is 24.3 Å². The van der Waals surface area contributed by atoms with Gasteiger partial charge in [0, 0.05) is 31.3 Å². The van der Waals surface area contributed by atoms with Crippen LogP contribution in [0.15, 0.2) is 59.0 Å². The first-order chi connectivity index (χ1) is 13.1. The molecule has 0 unspecified atom stereocenters. The van der Waals surface area contributed by atoms with Gasteiger partial charge in [-0.25, -0.2) is 0 Å². The Kier molecular flexibility index (Phi) is 3.57. The van der Waals surface area contributed by atoms with Crippen molar-refractivity contribution in [1.82, 2.24) is 4.90 Å². The van der Waals surface area contributed by atoms with E-state index in [9.17, 15) is 9.59 Å². The third kappa shape index (κ3) is 2.70. The fourth-order valence-electron chi connectivity index (χ4n) is 4.08. The van der Waals surface area contributed by atoms with Gasteiger partial charge >= 0.3 is 0 Å². The predicted molar refractivity (Wildman–Crippen MR) is 100 cm³/mol. The highest BCUT2D eigenvalue weighted by Crippen LogP contribution is 2.39. The van der Waals surface area contributed by atoms with Crippen molar-refractivity contribution in [1.29, 1.82) is 0 Å². The smallest absolute Gasteiger partial charge is 0.289 e. The lowest BCUT2D eigenvalue weighted by Gasteiger charge is -2.43. The molecule has 1 aromatic heterocycles. The summed E-state index contributed by atoms with van der Waals surface area (Å²) in [5, 5.41) is 0.923. The molecule has 0 saturated carbocycles. The number of amides is 1. The number of hydrogen-bond acceptors (Lipinski definition) is 4. The zero-order chi connectivity index (χ0) is 18.4. The first kappa shape index (κ1) is 16.1. The Balaban J connectivity index is 1.33. The topological polar surface area (TPSA) is 59.8 Å². The minimum absolute atomic E-state index is 0.108. The lowest BCUT2D eigenvalue weighted by atomic mass is 9.82. The van der Waals surface area contributed by atoms with Crippen molar-refractivity contribution >= 4 is 22.7 Å². The quantitative estimate of drug-likeness (QED) is 0.655. The van der Waals surface area contributed by atoms with E-state index in [-0.39, 0.29) is 11.7 Å². The largest absolute Gasteiger partial charge is 0.486 e. The van der Waals surface area contributed by atoms with Gasteiger partial charge < -0.3 is 14.1 Å². The fraction of sp³-hybridized carbons (Fsp3) is 0.273. The average Bonchev–Trinajstić information content (AvgIpc) is 3.12. The zero-order valence-electron chi connectivity index (χ0n) is 14.8. The summed E-state index contributed by atoms with van der Waals surface area (Å²) in [5.41, 5.74) is 0.867. The van der Waals surface area contributed by atoms with Crippen molar-refractivity contribution in [3.63, 3.8) is 0 Å². The minimum atomic E-state index is -0.504. The Morgan fingerprint density at radius 2 is 1.74 bits per heavy atom. The fourth-order valence-corrected chi connectivity index (χ4v) is 4.08. The van der Waals surface area contributed by atoms with Crippen LogP contribution in [0.1, 0.15) is 40.2 Å². The second kappa shape index (κ2) is 5.98. The number of furan rings is 1. The van der Waals surface area contributed by atoms with Crippen LogP contribution < -0.4 is 4.74 Å². The molecule has 27 heavy (non-hydrogen) atoms. The molecule has 2 aliphatic heterocycles. The molecule has 136 valence electrons. The second-order valence-electron chi connectivity index (χ2n) is 7.32. The van der Waals surface area contributed by atoms with Crippen molar-refractivity contribution < 1.29 is 18.7 Å². The Morgan fingerprint density at radius 3 is 2.56 bits per heavy atom. The van der Waals surface area contributed by atoms with E-state index >= 15 is 0 Å². The van der Waals surface area contributed by atoms with E-state index in [1.165, 1.54) is 0 Å². The van der Waals surface area contributed by atoms with Crippen LogP contribution >= 0.6 is 0 Å². The van der Waals surface area contributed by atoms with Crippen LogP contribution in [0.5, 0.6) is 5.75 Å². The summed E-state index contributed by atoms with van der Waals surface area (Å²) < 4.78 is 11.9. The van der Waals surface area contributed by atoms with Crippen LogP contribution in [0.3, 0.4) is 0 Å². The normalized spacial score (nSPS) is 18.4. The lowest BCUT2D eigenvalue weighted by Crippen LogP contribution is -2.52. The molecule has 3 aromatic rings. The van der Waals surface area contributed by atoms with E-state index in [0.29, 0.717) is 55.0 Å². The van der Waals surface area contributed by atoms with Gasteiger partial charge in [0.25, 0.3) is 5.91 Å². The van der Waals surface area contributed by atoms with E-state index in [0.717, 1.165) is 5.39 Å². The number of hydrogen-bond donors (Lipinski definition) is 0. The molecule has 1 amide bonds. The van der Waals surface area contributed by atoms with E-state index < -0.39 is 5.60 Å². The zero-order valence-corrected chi connectivity index (χ0v) is 14.8. The number of ketones is 1. The number of benzene rings is 2. The highest BCUT2D eigenvalue weighted by molar-refractivity contribution is 6.00. The van der Waals surface area contributed by atoms with Gasteiger partial charge in [0.05, 0.1) is 12.0 Å². The summed E-state index contributed by atoms with van der Waals surface area (Å²) in [6, 6.07) is 16.8. The van der Waals surface area contributed by atoms with Crippen molar-refractivity contribution in [2.45, 2.75) is 24.9 Å². The molecule has 0 atom stereocenters. The number of fused-ring (bicyclic) bond motifs is 2. The molecule has 0 bridgehead atoms. The molecule has 1 saturated heterocycles. The first-order valence-electron chi connectivity index (χ1n) is 9.23. The van der Waals surface area contributed by atoms with Crippen LogP contribution in [0.4, 0.5) is 0 Å². The van der Waals surface area contributed by atoms with Gasteiger partial charge in [-0.2, -0.15) is 0 Å². The van der Waals surface area contributed by atoms with Crippen molar-refractivity contribution in [2.75, 3.05) is 13.1 Å². The lowest BCUT2D eigenvalue weighted by molar-refractivity contribution is -0.00637. The number of Topliss-reactive ketones (excluding diaryl/α,β-unsaturated/α-hetero) is 1. The van der Waals surface area contributed by atoms with Gasteiger partial charge in [0.15, 0.2) is 11.5 Å². The monoisotopic (exact) mass is 361 g/mol. The molecule has 5 rings (SSSR count). The highest BCUT2D eigenvalue weighted by Gasteiger charge is 2.43. The molecule has 5 heteroatoms. The van der Waals surface area contributed by atoms with Crippen molar-refractivity contribution in [3.05, 3.63) is 65.9 Å². The first-order valence-corrected chi connectivity index (χ1v) is 9.23. The summed E-state index contributed by atoms with van der Waals surface area (Å²) in [6.45, 7) is 1.09. The van der Waals surface area contributed by atoms with Crippen LogP contribution in [-0.4, -0.2) is 35.3 Å².